The number of anilines is 1. The quantitative estimate of drug-likeness (QED) is 0.710. The summed E-state index contributed by atoms with van der Waals surface area (Å²) in [4.78, 5) is 11.4. The van der Waals surface area contributed by atoms with Crippen molar-refractivity contribution in [3.63, 3.8) is 0 Å². The molecule has 1 heterocycles. The van der Waals surface area contributed by atoms with E-state index in [0.717, 1.165) is 5.69 Å². The zero-order valence-corrected chi connectivity index (χ0v) is 13.6. The van der Waals surface area contributed by atoms with Gasteiger partial charge in [0, 0.05) is 5.69 Å². The van der Waals surface area contributed by atoms with Gasteiger partial charge in [0.15, 0.2) is 0 Å². The normalized spacial score (nSPS) is 10.4. The number of ether oxygens (including phenoxy) is 1. The standard InChI is InChI=1S/C17H14ClN3O3/c1-23-17(22)11-6-8-12(9-7-11)19-10-15-20-21-16(24-15)13-4-2-3-5-14(13)18/h2-9,19H,10H2,1H3. The number of benzene rings is 2. The van der Waals surface area contributed by atoms with Gasteiger partial charge in [0.1, 0.15) is 0 Å². The summed E-state index contributed by atoms with van der Waals surface area (Å²) in [6, 6.07) is 14.2. The minimum absolute atomic E-state index is 0.356. The van der Waals surface area contributed by atoms with Gasteiger partial charge in [-0.2, -0.15) is 0 Å². The molecule has 0 unspecified atom stereocenters. The van der Waals surface area contributed by atoms with Crippen molar-refractivity contribution in [2.75, 3.05) is 12.4 Å². The molecule has 0 aliphatic carbocycles. The van der Waals surface area contributed by atoms with Gasteiger partial charge >= 0.3 is 5.97 Å². The number of esters is 1. The first-order valence-corrected chi connectivity index (χ1v) is 7.54. The summed E-state index contributed by atoms with van der Waals surface area (Å²) in [5, 5.41) is 11.7. The number of carbonyl (C=O) groups is 1. The highest BCUT2D eigenvalue weighted by atomic mass is 35.5. The van der Waals surface area contributed by atoms with Crippen molar-refractivity contribution in [2.24, 2.45) is 0 Å². The Balaban J connectivity index is 1.65. The maximum Gasteiger partial charge on any atom is 0.337 e. The number of nitrogens with zero attached hydrogens (tertiary/aromatic N) is 2. The summed E-state index contributed by atoms with van der Waals surface area (Å²) in [5.41, 5.74) is 2.00. The zero-order chi connectivity index (χ0) is 16.9. The van der Waals surface area contributed by atoms with Crippen molar-refractivity contribution in [3.8, 4) is 11.5 Å². The molecule has 0 aliphatic heterocycles. The summed E-state index contributed by atoms with van der Waals surface area (Å²) in [6.45, 7) is 0.356. The molecular formula is C17H14ClN3O3. The molecule has 7 heteroatoms. The minimum Gasteiger partial charge on any atom is -0.465 e. The van der Waals surface area contributed by atoms with Crippen LogP contribution in [-0.4, -0.2) is 23.3 Å². The number of hydrogen-bond acceptors (Lipinski definition) is 6. The van der Waals surface area contributed by atoms with Crippen molar-refractivity contribution < 1.29 is 13.9 Å². The Bertz CT molecular complexity index is 846. The first-order valence-electron chi connectivity index (χ1n) is 7.17. The van der Waals surface area contributed by atoms with E-state index in [4.69, 9.17) is 16.0 Å². The summed E-state index contributed by atoms with van der Waals surface area (Å²) in [7, 11) is 1.35. The molecule has 2 aromatic carbocycles. The van der Waals surface area contributed by atoms with Crippen molar-refractivity contribution >= 4 is 23.3 Å². The molecule has 6 nitrogen and oxygen atoms in total. The third kappa shape index (κ3) is 3.55. The van der Waals surface area contributed by atoms with Crippen LogP contribution in [0.3, 0.4) is 0 Å². The molecule has 3 aromatic rings. The van der Waals surface area contributed by atoms with Gasteiger partial charge < -0.3 is 14.5 Å². The van der Waals surface area contributed by atoms with E-state index in [1.807, 2.05) is 18.2 Å². The topological polar surface area (TPSA) is 77.2 Å². The average Bonchev–Trinajstić information content (AvgIpc) is 3.09. The van der Waals surface area contributed by atoms with Crippen molar-refractivity contribution in [1.82, 2.24) is 10.2 Å². The van der Waals surface area contributed by atoms with Crippen molar-refractivity contribution in [3.05, 3.63) is 65.0 Å². The monoisotopic (exact) mass is 343 g/mol. The fraction of sp³-hybridized carbons (Fsp3) is 0.118. The lowest BCUT2D eigenvalue weighted by Crippen LogP contribution is -2.02. The van der Waals surface area contributed by atoms with Gasteiger partial charge in [-0.15, -0.1) is 10.2 Å². The van der Waals surface area contributed by atoms with Crippen LogP contribution in [0.15, 0.2) is 52.9 Å². The smallest absolute Gasteiger partial charge is 0.337 e. The fourth-order valence-electron chi connectivity index (χ4n) is 2.09. The summed E-state index contributed by atoms with van der Waals surface area (Å²) in [5.74, 6) is 0.434. The number of carbonyl (C=O) groups excluding carboxylic acids is 1. The van der Waals surface area contributed by atoms with Crippen molar-refractivity contribution in [2.45, 2.75) is 6.54 Å². The molecular weight excluding hydrogens is 330 g/mol. The first-order chi connectivity index (χ1) is 11.7. The van der Waals surface area contributed by atoms with Crippen LogP contribution in [-0.2, 0) is 11.3 Å². The van der Waals surface area contributed by atoms with E-state index < -0.39 is 0 Å². The highest BCUT2D eigenvalue weighted by Gasteiger charge is 2.11. The zero-order valence-electron chi connectivity index (χ0n) is 12.8. The molecule has 0 atom stereocenters. The van der Waals surface area contributed by atoms with Crippen LogP contribution in [0.2, 0.25) is 5.02 Å². The Morgan fingerprint density at radius 1 is 1.17 bits per heavy atom. The lowest BCUT2D eigenvalue weighted by molar-refractivity contribution is 0.0601. The molecule has 3 rings (SSSR count). The molecule has 0 radical (unpaired) electrons. The number of hydrogen-bond donors (Lipinski definition) is 1. The molecule has 0 spiro atoms. The Labute approximate surface area is 143 Å². The summed E-state index contributed by atoms with van der Waals surface area (Å²) in [6.07, 6.45) is 0. The average molecular weight is 344 g/mol. The lowest BCUT2D eigenvalue weighted by atomic mass is 10.2. The second kappa shape index (κ2) is 7.14. The molecule has 0 saturated heterocycles. The largest absolute Gasteiger partial charge is 0.465 e. The maximum atomic E-state index is 11.4. The second-order valence-corrected chi connectivity index (χ2v) is 5.31. The number of halogens is 1. The van der Waals surface area contributed by atoms with E-state index in [1.54, 1.807) is 30.3 Å². The highest BCUT2D eigenvalue weighted by molar-refractivity contribution is 6.33. The Kier molecular flexibility index (Phi) is 4.77. The van der Waals surface area contributed by atoms with Crippen molar-refractivity contribution in [1.29, 1.82) is 0 Å². The fourth-order valence-corrected chi connectivity index (χ4v) is 2.30. The van der Waals surface area contributed by atoms with E-state index in [1.165, 1.54) is 7.11 Å². The van der Waals surface area contributed by atoms with E-state index in [0.29, 0.717) is 34.5 Å². The van der Waals surface area contributed by atoms with Crippen LogP contribution < -0.4 is 5.32 Å². The SMILES string of the molecule is COC(=O)c1ccc(NCc2nnc(-c3ccccc3Cl)o2)cc1. The molecule has 0 aliphatic rings. The predicted molar refractivity (Wildman–Crippen MR) is 89.9 cm³/mol. The second-order valence-electron chi connectivity index (χ2n) is 4.90. The van der Waals surface area contributed by atoms with E-state index in [2.05, 4.69) is 20.3 Å². The van der Waals surface area contributed by atoms with E-state index in [9.17, 15) is 4.79 Å². The first kappa shape index (κ1) is 16.0. The van der Waals surface area contributed by atoms with Crippen LogP contribution in [0, 0.1) is 0 Å². The van der Waals surface area contributed by atoms with E-state index in [-0.39, 0.29) is 5.97 Å². The third-order valence-electron chi connectivity index (χ3n) is 3.32. The van der Waals surface area contributed by atoms with Gasteiger partial charge in [-0.25, -0.2) is 4.79 Å². The summed E-state index contributed by atoms with van der Waals surface area (Å²) >= 11 is 6.11. The van der Waals surface area contributed by atoms with Gasteiger partial charge in [0.25, 0.3) is 0 Å². The van der Waals surface area contributed by atoms with Crippen LogP contribution >= 0.6 is 11.6 Å². The molecule has 0 amide bonds. The number of rotatable bonds is 5. The number of aromatic nitrogens is 2. The summed E-state index contributed by atoms with van der Waals surface area (Å²) < 4.78 is 10.3. The Morgan fingerprint density at radius 3 is 2.62 bits per heavy atom. The molecule has 24 heavy (non-hydrogen) atoms. The van der Waals surface area contributed by atoms with Gasteiger partial charge in [-0.05, 0) is 36.4 Å². The molecule has 1 aromatic heterocycles. The predicted octanol–water partition coefficient (Wildman–Crippen LogP) is 3.79. The van der Waals surface area contributed by atoms with Gasteiger partial charge in [0.2, 0.25) is 11.8 Å². The maximum absolute atomic E-state index is 11.4. The Hall–Kier alpha value is -2.86. The number of methoxy groups -OCH3 is 1. The van der Waals surface area contributed by atoms with E-state index >= 15 is 0 Å². The molecule has 0 saturated carbocycles. The van der Waals surface area contributed by atoms with Crippen LogP contribution in [0.4, 0.5) is 5.69 Å². The molecule has 0 bridgehead atoms. The molecule has 1 N–H and O–H groups in total. The molecule has 0 fully saturated rings. The van der Waals surface area contributed by atoms with Crippen LogP contribution in [0.5, 0.6) is 0 Å². The van der Waals surface area contributed by atoms with Crippen LogP contribution in [0.25, 0.3) is 11.5 Å². The van der Waals surface area contributed by atoms with Gasteiger partial charge in [-0.1, -0.05) is 23.7 Å². The van der Waals surface area contributed by atoms with Crippen LogP contribution in [0.1, 0.15) is 16.2 Å². The Morgan fingerprint density at radius 2 is 1.92 bits per heavy atom. The lowest BCUT2D eigenvalue weighted by Gasteiger charge is -2.04. The molecule has 122 valence electrons. The number of nitrogens with one attached hydrogen (secondary N) is 1. The highest BCUT2D eigenvalue weighted by Crippen LogP contribution is 2.26. The van der Waals surface area contributed by atoms with Gasteiger partial charge in [-0.3, -0.25) is 0 Å². The third-order valence-corrected chi connectivity index (χ3v) is 3.65. The minimum atomic E-state index is -0.372. The van der Waals surface area contributed by atoms with Gasteiger partial charge in [0.05, 0.1) is 29.8 Å².